The van der Waals surface area contributed by atoms with Crippen LogP contribution in [0.1, 0.15) is 18.1 Å². The number of fused-ring (bicyclic) bond motifs is 1. The predicted octanol–water partition coefficient (Wildman–Crippen LogP) is 4.41. The van der Waals surface area contributed by atoms with Crippen molar-refractivity contribution >= 4 is 28.4 Å². The number of para-hydroxylation sites is 1. The Kier molecular flexibility index (Phi) is 4.70. The van der Waals surface area contributed by atoms with Gasteiger partial charge in [0.15, 0.2) is 0 Å². The van der Waals surface area contributed by atoms with E-state index in [9.17, 15) is 24.9 Å². The molecule has 1 aliphatic carbocycles. The van der Waals surface area contributed by atoms with Crippen LogP contribution in [-0.4, -0.2) is 32.2 Å². The molecule has 6 heteroatoms. The number of aromatic amines is 1. The molecule has 2 unspecified atom stereocenters. The molecule has 0 amide bonds. The van der Waals surface area contributed by atoms with Crippen LogP contribution >= 0.6 is 0 Å². The van der Waals surface area contributed by atoms with Gasteiger partial charge in [-0.1, -0.05) is 55.5 Å². The zero-order valence-corrected chi connectivity index (χ0v) is 16.3. The van der Waals surface area contributed by atoms with Crippen LogP contribution < -0.4 is 0 Å². The normalized spacial score (nSPS) is 21.5. The minimum atomic E-state index is -1.59. The number of nitrogens with one attached hydrogen (secondary N) is 1. The molecule has 0 spiro atoms. The van der Waals surface area contributed by atoms with Crippen molar-refractivity contribution in [2.45, 2.75) is 13.3 Å². The molecule has 2 atom stereocenters. The second-order valence-corrected chi connectivity index (χ2v) is 7.60. The largest absolute Gasteiger partial charge is 0.508 e. The quantitative estimate of drug-likeness (QED) is 0.504. The lowest BCUT2D eigenvalue weighted by atomic mass is 9.64. The zero-order chi connectivity index (χ0) is 21.5. The van der Waals surface area contributed by atoms with Crippen LogP contribution in [0, 0.1) is 11.3 Å². The molecule has 0 saturated carbocycles. The molecular formula is C24H21NO5. The number of hydrogen-bond donors (Lipinski definition) is 4. The molecule has 30 heavy (non-hydrogen) atoms. The van der Waals surface area contributed by atoms with Crippen molar-refractivity contribution in [1.29, 1.82) is 0 Å². The third-order valence-corrected chi connectivity index (χ3v) is 5.95. The van der Waals surface area contributed by atoms with Gasteiger partial charge in [-0.25, -0.2) is 4.79 Å². The van der Waals surface area contributed by atoms with E-state index in [1.807, 2.05) is 30.3 Å². The Morgan fingerprint density at radius 3 is 2.37 bits per heavy atom. The Hall–Kier alpha value is -3.80. The first-order chi connectivity index (χ1) is 14.3. The Balaban J connectivity index is 1.93. The molecule has 4 N–H and O–H groups in total. The molecule has 152 valence electrons. The fourth-order valence-corrected chi connectivity index (χ4v) is 4.37. The number of carboxylic acids is 2. The minimum absolute atomic E-state index is 0.0618. The molecule has 0 bridgehead atoms. The Morgan fingerprint density at radius 1 is 1.03 bits per heavy atom. The highest BCUT2D eigenvalue weighted by Crippen LogP contribution is 2.48. The number of rotatable bonds is 5. The lowest BCUT2D eigenvalue weighted by Gasteiger charge is -2.37. The van der Waals surface area contributed by atoms with Crippen molar-refractivity contribution in [2.75, 3.05) is 0 Å². The smallest absolute Gasteiger partial charge is 0.332 e. The van der Waals surface area contributed by atoms with Gasteiger partial charge in [-0.05, 0) is 24.1 Å². The first-order valence-corrected chi connectivity index (χ1v) is 9.58. The van der Waals surface area contributed by atoms with Crippen LogP contribution in [0.5, 0.6) is 0 Å². The van der Waals surface area contributed by atoms with Crippen LogP contribution in [0.25, 0.3) is 16.5 Å². The van der Waals surface area contributed by atoms with E-state index < -0.39 is 23.3 Å². The highest BCUT2D eigenvalue weighted by molar-refractivity contribution is 6.07. The number of aliphatic hydroxyl groups excluding tert-OH is 1. The molecule has 1 aliphatic rings. The van der Waals surface area contributed by atoms with E-state index in [2.05, 4.69) is 4.98 Å². The van der Waals surface area contributed by atoms with E-state index in [4.69, 9.17) is 0 Å². The number of aliphatic carboxylic acids is 2. The summed E-state index contributed by atoms with van der Waals surface area (Å²) in [6.45, 7) is 1.60. The van der Waals surface area contributed by atoms with E-state index in [1.165, 1.54) is 6.08 Å². The predicted molar refractivity (Wildman–Crippen MR) is 113 cm³/mol. The summed E-state index contributed by atoms with van der Waals surface area (Å²) in [6.07, 6.45) is 3.01. The van der Waals surface area contributed by atoms with Gasteiger partial charge in [-0.3, -0.25) is 4.79 Å². The van der Waals surface area contributed by atoms with Gasteiger partial charge in [0.2, 0.25) is 0 Å². The summed E-state index contributed by atoms with van der Waals surface area (Å²) in [7, 11) is 0. The average Bonchev–Trinajstić information content (AvgIpc) is 3.14. The molecule has 0 radical (unpaired) electrons. The van der Waals surface area contributed by atoms with Crippen LogP contribution in [0.15, 0.2) is 78.2 Å². The Bertz CT molecular complexity index is 1200. The van der Waals surface area contributed by atoms with Crippen molar-refractivity contribution in [2.24, 2.45) is 11.3 Å². The maximum absolute atomic E-state index is 12.4. The summed E-state index contributed by atoms with van der Waals surface area (Å²) in [4.78, 5) is 27.8. The maximum atomic E-state index is 12.4. The van der Waals surface area contributed by atoms with Crippen LogP contribution in [-0.2, 0) is 16.0 Å². The zero-order valence-electron chi connectivity index (χ0n) is 16.3. The molecule has 0 fully saturated rings. The molecule has 0 aliphatic heterocycles. The highest BCUT2D eigenvalue weighted by atomic mass is 16.4. The first-order valence-electron chi connectivity index (χ1n) is 9.58. The summed E-state index contributed by atoms with van der Waals surface area (Å²) >= 11 is 0. The summed E-state index contributed by atoms with van der Waals surface area (Å²) in [5.41, 5.74) is 0.521. The van der Waals surface area contributed by atoms with Gasteiger partial charge < -0.3 is 20.3 Å². The molecule has 4 rings (SSSR count). The summed E-state index contributed by atoms with van der Waals surface area (Å²) in [5, 5.41) is 31.9. The SMILES string of the molecule is CC1C(C(=O)O)=C(c2c[nH]c3ccccc23)C(O)=CC1(Cc1ccccc1)C(=O)O. The number of hydrogen-bond acceptors (Lipinski definition) is 3. The third-order valence-electron chi connectivity index (χ3n) is 5.95. The number of carbonyl (C=O) groups is 2. The summed E-state index contributed by atoms with van der Waals surface area (Å²) < 4.78 is 0. The molecular weight excluding hydrogens is 382 g/mol. The number of aromatic nitrogens is 1. The van der Waals surface area contributed by atoms with Crippen molar-refractivity contribution < 1.29 is 24.9 Å². The molecule has 0 saturated heterocycles. The molecule has 1 aromatic heterocycles. The summed E-state index contributed by atoms with van der Waals surface area (Å²) in [6, 6.07) is 16.4. The first kappa shape index (κ1) is 19.5. The van der Waals surface area contributed by atoms with E-state index in [0.717, 1.165) is 16.5 Å². The minimum Gasteiger partial charge on any atom is -0.508 e. The van der Waals surface area contributed by atoms with Crippen molar-refractivity contribution in [3.05, 3.63) is 89.3 Å². The van der Waals surface area contributed by atoms with Gasteiger partial charge in [-0.2, -0.15) is 0 Å². The molecule has 2 aromatic carbocycles. The second-order valence-electron chi connectivity index (χ2n) is 7.60. The van der Waals surface area contributed by atoms with E-state index in [1.54, 1.807) is 37.4 Å². The molecule has 6 nitrogen and oxygen atoms in total. The Morgan fingerprint density at radius 2 is 1.70 bits per heavy atom. The van der Waals surface area contributed by atoms with E-state index >= 15 is 0 Å². The number of carboxylic acid groups (broad SMARTS) is 2. The van der Waals surface area contributed by atoms with Crippen molar-refractivity contribution in [1.82, 2.24) is 4.98 Å². The summed E-state index contributed by atoms with van der Waals surface area (Å²) in [5.74, 6) is -3.65. The number of aliphatic hydroxyl groups is 1. The van der Waals surface area contributed by atoms with Gasteiger partial charge in [0, 0.05) is 34.2 Å². The molecule has 1 heterocycles. The molecule has 3 aromatic rings. The fourth-order valence-electron chi connectivity index (χ4n) is 4.37. The van der Waals surface area contributed by atoms with Gasteiger partial charge in [0.05, 0.1) is 5.57 Å². The van der Waals surface area contributed by atoms with Crippen molar-refractivity contribution in [3.63, 3.8) is 0 Å². The van der Waals surface area contributed by atoms with Crippen LogP contribution in [0.2, 0.25) is 0 Å². The highest BCUT2D eigenvalue weighted by Gasteiger charge is 2.50. The number of H-pyrrole nitrogens is 1. The van der Waals surface area contributed by atoms with Crippen molar-refractivity contribution in [3.8, 4) is 0 Å². The lowest BCUT2D eigenvalue weighted by molar-refractivity contribution is -0.148. The fraction of sp³-hybridized carbons (Fsp3) is 0.167. The van der Waals surface area contributed by atoms with Gasteiger partial charge >= 0.3 is 11.9 Å². The maximum Gasteiger partial charge on any atom is 0.332 e. The van der Waals surface area contributed by atoms with E-state index in [0.29, 0.717) is 5.56 Å². The number of benzene rings is 2. The topological polar surface area (TPSA) is 111 Å². The van der Waals surface area contributed by atoms with Gasteiger partial charge in [0.25, 0.3) is 0 Å². The average molecular weight is 403 g/mol. The van der Waals surface area contributed by atoms with Gasteiger partial charge in [0.1, 0.15) is 11.2 Å². The third kappa shape index (κ3) is 2.97. The Labute approximate surface area is 172 Å². The number of allylic oxidation sites excluding steroid dienone is 1. The standard InChI is InChI=1S/C24H21NO5/c1-14-20(22(27)28)21(17-13-25-18-10-6-5-9-16(17)18)19(26)12-24(14,23(29)30)11-15-7-3-2-4-8-15/h2-10,12-14,25-26H,11H2,1H3,(H,27,28)(H,29,30). The lowest BCUT2D eigenvalue weighted by Crippen LogP contribution is -2.42. The van der Waals surface area contributed by atoms with E-state index in [-0.39, 0.29) is 23.3 Å². The van der Waals surface area contributed by atoms with Crippen LogP contribution in [0.3, 0.4) is 0 Å². The monoisotopic (exact) mass is 403 g/mol. The van der Waals surface area contributed by atoms with Crippen LogP contribution in [0.4, 0.5) is 0 Å². The van der Waals surface area contributed by atoms with Gasteiger partial charge in [-0.15, -0.1) is 0 Å². The second kappa shape index (κ2) is 7.22.